The van der Waals surface area contributed by atoms with Crippen LogP contribution in [0.15, 0.2) is 47.6 Å². The van der Waals surface area contributed by atoms with Gasteiger partial charge in [-0.3, -0.25) is 10.1 Å². The number of hydrogen-bond donors (Lipinski definition) is 2. The number of benzene rings is 2. The van der Waals surface area contributed by atoms with Crippen LogP contribution < -0.4 is 25.1 Å². The Morgan fingerprint density at radius 3 is 2.38 bits per heavy atom. The highest BCUT2D eigenvalue weighted by molar-refractivity contribution is 5.81. The molecule has 0 atom stereocenters. The van der Waals surface area contributed by atoms with E-state index in [9.17, 15) is 10.1 Å². The quantitative estimate of drug-likeness (QED) is 0.274. The molecule has 0 amide bonds. The number of nitro groups is 1. The van der Waals surface area contributed by atoms with Crippen LogP contribution in [0.1, 0.15) is 18.4 Å². The zero-order valence-corrected chi connectivity index (χ0v) is 18.8. The lowest BCUT2D eigenvalue weighted by molar-refractivity contribution is -0.384. The molecule has 0 spiro atoms. The predicted molar refractivity (Wildman–Crippen MR) is 128 cm³/mol. The monoisotopic (exact) mass is 464 g/mol. The molecule has 2 heterocycles. The van der Waals surface area contributed by atoms with Gasteiger partial charge < -0.3 is 19.7 Å². The molecule has 1 aliphatic rings. The van der Waals surface area contributed by atoms with E-state index in [1.807, 2.05) is 6.07 Å². The van der Waals surface area contributed by atoms with Gasteiger partial charge in [0.05, 0.1) is 25.4 Å². The maximum absolute atomic E-state index is 10.9. The van der Waals surface area contributed by atoms with Gasteiger partial charge >= 0.3 is 0 Å². The van der Waals surface area contributed by atoms with Crippen LogP contribution in [0.2, 0.25) is 0 Å². The lowest BCUT2D eigenvalue weighted by Gasteiger charge is -2.16. The van der Waals surface area contributed by atoms with Gasteiger partial charge in [0.2, 0.25) is 17.8 Å². The molecule has 2 aromatic carbocycles. The van der Waals surface area contributed by atoms with Gasteiger partial charge in [-0.1, -0.05) is 0 Å². The number of aromatic nitrogens is 3. The second-order valence-corrected chi connectivity index (χ2v) is 7.39. The first-order valence-electron chi connectivity index (χ1n) is 10.6. The van der Waals surface area contributed by atoms with Gasteiger partial charge in [0.25, 0.3) is 5.69 Å². The van der Waals surface area contributed by atoms with Crippen molar-refractivity contribution in [3.8, 4) is 11.5 Å². The van der Waals surface area contributed by atoms with Crippen molar-refractivity contribution in [2.24, 2.45) is 5.10 Å². The van der Waals surface area contributed by atoms with E-state index in [1.165, 1.54) is 12.1 Å². The van der Waals surface area contributed by atoms with Crippen molar-refractivity contribution in [3.05, 3.63) is 58.1 Å². The van der Waals surface area contributed by atoms with Gasteiger partial charge in [0.1, 0.15) is 0 Å². The fourth-order valence-corrected chi connectivity index (χ4v) is 3.42. The zero-order chi connectivity index (χ0) is 23.9. The Bertz CT molecular complexity index is 1180. The van der Waals surface area contributed by atoms with Gasteiger partial charge in [0.15, 0.2) is 11.5 Å². The summed E-state index contributed by atoms with van der Waals surface area (Å²) in [4.78, 5) is 25.9. The molecule has 12 nitrogen and oxygen atoms in total. The summed E-state index contributed by atoms with van der Waals surface area (Å²) < 4.78 is 10.6. The van der Waals surface area contributed by atoms with Crippen molar-refractivity contribution in [3.63, 3.8) is 0 Å². The standard InChI is InChI=1S/C22H24N8O4/c1-33-18-10-5-15(13-19(18)34-2)14-23-28-21-25-20(26-22(27-21)29-11-3-4-12-29)24-16-6-8-17(9-7-16)30(31)32/h5-10,13-14H,3-4,11-12H2,1-2H3,(H2,24,25,26,27,28). The number of rotatable bonds is 9. The van der Waals surface area contributed by atoms with Gasteiger partial charge in [-0.2, -0.15) is 20.1 Å². The Morgan fingerprint density at radius 2 is 1.71 bits per heavy atom. The molecule has 1 aliphatic heterocycles. The number of nitrogens with zero attached hydrogens (tertiary/aromatic N) is 6. The number of nitro benzene ring substituents is 1. The van der Waals surface area contributed by atoms with Crippen LogP contribution in [0.25, 0.3) is 0 Å². The lowest BCUT2D eigenvalue weighted by atomic mass is 10.2. The topological polar surface area (TPSA) is 140 Å². The summed E-state index contributed by atoms with van der Waals surface area (Å²) in [5, 5.41) is 18.2. The number of non-ortho nitro benzene ring substituents is 1. The van der Waals surface area contributed by atoms with Crippen LogP contribution >= 0.6 is 0 Å². The van der Waals surface area contributed by atoms with E-state index < -0.39 is 4.92 Å². The van der Waals surface area contributed by atoms with Crippen molar-refractivity contribution < 1.29 is 14.4 Å². The summed E-state index contributed by atoms with van der Waals surface area (Å²) in [5.74, 6) is 2.31. The fourth-order valence-electron chi connectivity index (χ4n) is 3.42. The Balaban J connectivity index is 1.54. The number of anilines is 4. The smallest absolute Gasteiger partial charge is 0.269 e. The molecule has 0 radical (unpaired) electrons. The molecular weight excluding hydrogens is 440 g/mol. The predicted octanol–water partition coefficient (Wildman–Crippen LogP) is 3.59. The Morgan fingerprint density at radius 1 is 1.00 bits per heavy atom. The third-order valence-corrected chi connectivity index (χ3v) is 5.13. The van der Waals surface area contributed by atoms with Crippen LogP contribution in [0.3, 0.4) is 0 Å². The minimum Gasteiger partial charge on any atom is -0.493 e. The van der Waals surface area contributed by atoms with E-state index in [1.54, 1.807) is 44.7 Å². The number of nitrogens with one attached hydrogen (secondary N) is 2. The van der Waals surface area contributed by atoms with Crippen molar-refractivity contribution in [1.82, 2.24) is 15.0 Å². The molecule has 1 fully saturated rings. The average Bonchev–Trinajstić information content (AvgIpc) is 3.39. The average molecular weight is 464 g/mol. The van der Waals surface area contributed by atoms with Crippen LogP contribution in [0.5, 0.6) is 11.5 Å². The number of hydrogen-bond acceptors (Lipinski definition) is 11. The zero-order valence-electron chi connectivity index (χ0n) is 18.8. The third-order valence-electron chi connectivity index (χ3n) is 5.13. The summed E-state index contributed by atoms with van der Waals surface area (Å²) in [7, 11) is 3.15. The summed E-state index contributed by atoms with van der Waals surface area (Å²) in [6, 6.07) is 11.5. The molecule has 1 aromatic heterocycles. The van der Waals surface area contributed by atoms with Crippen molar-refractivity contribution >= 4 is 35.4 Å². The van der Waals surface area contributed by atoms with Crippen molar-refractivity contribution in [2.45, 2.75) is 12.8 Å². The van der Waals surface area contributed by atoms with Crippen LogP contribution in [0, 0.1) is 10.1 Å². The van der Waals surface area contributed by atoms with Crippen LogP contribution in [-0.4, -0.2) is 53.4 Å². The van der Waals surface area contributed by atoms with Crippen molar-refractivity contribution in [1.29, 1.82) is 0 Å². The molecule has 12 heteroatoms. The number of ether oxygens (including phenoxy) is 2. The Hall–Kier alpha value is -4.48. The molecule has 176 valence electrons. The van der Waals surface area contributed by atoms with E-state index >= 15 is 0 Å². The molecule has 2 N–H and O–H groups in total. The van der Waals surface area contributed by atoms with E-state index in [0.29, 0.717) is 29.1 Å². The largest absolute Gasteiger partial charge is 0.493 e. The summed E-state index contributed by atoms with van der Waals surface area (Å²) in [6.07, 6.45) is 3.75. The second-order valence-electron chi connectivity index (χ2n) is 7.39. The normalized spacial score (nSPS) is 13.2. The van der Waals surface area contributed by atoms with Gasteiger partial charge in [-0.25, -0.2) is 5.43 Å². The molecule has 34 heavy (non-hydrogen) atoms. The highest BCUT2D eigenvalue weighted by Gasteiger charge is 2.18. The maximum atomic E-state index is 10.9. The number of hydrazone groups is 1. The maximum Gasteiger partial charge on any atom is 0.269 e. The highest BCUT2D eigenvalue weighted by atomic mass is 16.6. The molecule has 0 saturated carbocycles. The second kappa shape index (κ2) is 10.4. The van der Waals surface area contributed by atoms with Crippen LogP contribution in [0.4, 0.5) is 29.2 Å². The molecule has 0 unspecified atom stereocenters. The first-order chi connectivity index (χ1) is 16.6. The number of methoxy groups -OCH3 is 2. The molecule has 0 bridgehead atoms. The SMILES string of the molecule is COc1ccc(C=NNc2nc(Nc3ccc([N+](=O)[O-])cc3)nc(N3CCCC3)n2)cc1OC. The summed E-state index contributed by atoms with van der Waals surface area (Å²) in [6.45, 7) is 1.71. The van der Waals surface area contributed by atoms with Gasteiger partial charge in [-0.05, 0) is 48.7 Å². The summed E-state index contributed by atoms with van der Waals surface area (Å²) >= 11 is 0. The lowest BCUT2D eigenvalue weighted by Crippen LogP contribution is -2.21. The van der Waals surface area contributed by atoms with Crippen molar-refractivity contribution in [2.75, 3.05) is 43.0 Å². The Labute approximate surface area is 195 Å². The van der Waals surface area contributed by atoms with E-state index in [-0.39, 0.29) is 11.6 Å². The summed E-state index contributed by atoms with van der Waals surface area (Å²) in [5.41, 5.74) is 4.27. The Kier molecular flexibility index (Phi) is 6.96. The van der Waals surface area contributed by atoms with E-state index in [0.717, 1.165) is 31.5 Å². The van der Waals surface area contributed by atoms with Gasteiger partial charge in [0, 0.05) is 30.9 Å². The molecule has 0 aliphatic carbocycles. The minimum absolute atomic E-state index is 0.00538. The highest BCUT2D eigenvalue weighted by Crippen LogP contribution is 2.27. The minimum atomic E-state index is -0.448. The van der Waals surface area contributed by atoms with Gasteiger partial charge in [-0.15, -0.1) is 0 Å². The fraction of sp³-hybridized carbons (Fsp3) is 0.273. The molecular formula is C22H24N8O4. The first-order valence-corrected chi connectivity index (χ1v) is 10.6. The molecule has 4 rings (SSSR count). The van der Waals surface area contributed by atoms with Crippen LogP contribution in [-0.2, 0) is 0 Å². The first kappa shape index (κ1) is 22.7. The molecule has 1 saturated heterocycles. The van der Waals surface area contributed by atoms with E-state index in [2.05, 4.69) is 35.7 Å². The molecule has 3 aromatic rings. The van der Waals surface area contributed by atoms with E-state index in [4.69, 9.17) is 9.47 Å². The third kappa shape index (κ3) is 5.46.